The van der Waals surface area contributed by atoms with Crippen molar-refractivity contribution < 1.29 is 24.2 Å². The van der Waals surface area contributed by atoms with Gasteiger partial charge in [0.25, 0.3) is 0 Å². The molecule has 0 unspecified atom stereocenters. The molecule has 0 aromatic heterocycles. The number of allylic oxidation sites excluding steroid dienone is 2. The van der Waals surface area contributed by atoms with Crippen molar-refractivity contribution >= 4 is 11.6 Å². The largest absolute Gasteiger partial charge is 0.489 e. The number of Topliss-reactive ketones (excluding diaryl/α,β-unsaturated/α-hetero) is 2. The number of hydrogen-bond donors (Lipinski definition) is 1. The predicted molar refractivity (Wildman–Crippen MR) is 148 cm³/mol. The average Bonchev–Trinajstić information content (AvgIpc) is 2.88. The van der Waals surface area contributed by atoms with Crippen LogP contribution in [0.25, 0.3) is 0 Å². The zero-order chi connectivity index (χ0) is 26.4. The van der Waals surface area contributed by atoms with E-state index in [1.165, 1.54) is 123 Å². The summed E-state index contributed by atoms with van der Waals surface area (Å²) in [6.45, 7) is 2.06. The molecule has 0 bridgehead atoms. The fourth-order valence-electron chi connectivity index (χ4n) is 5.09. The first-order valence-corrected chi connectivity index (χ1v) is 14.8. The van der Waals surface area contributed by atoms with Gasteiger partial charge in [-0.1, -0.05) is 116 Å². The molecule has 0 spiro atoms. The van der Waals surface area contributed by atoms with E-state index in [1.54, 1.807) is 6.92 Å². The Hall–Kier alpha value is -1.62. The summed E-state index contributed by atoms with van der Waals surface area (Å²) in [5, 5.41) is 8.77. The van der Waals surface area contributed by atoms with Crippen LogP contribution in [0.4, 0.5) is 0 Å². The van der Waals surface area contributed by atoms with Crippen molar-refractivity contribution in [3.8, 4) is 0 Å². The highest BCUT2D eigenvalue weighted by Crippen LogP contribution is 2.29. The van der Waals surface area contributed by atoms with Gasteiger partial charge in [-0.05, 0) is 26.2 Å². The molecule has 0 fully saturated rings. The van der Waals surface area contributed by atoms with Gasteiger partial charge in [0.05, 0.1) is 14.2 Å². The van der Waals surface area contributed by atoms with Crippen molar-refractivity contribution in [3.05, 3.63) is 22.7 Å². The first kappa shape index (κ1) is 32.4. The maximum absolute atomic E-state index is 12.6. The zero-order valence-electron chi connectivity index (χ0n) is 23.6. The number of aliphatic hydroxyl groups excluding tert-OH is 1. The number of rotatable bonds is 24. The van der Waals surface area contributed by atoms with Gasteiger partial charge in [-0.15, -0.1) is 0 Å². The quantitative estimate of drug-likeness (QED) is 0.106. The average molecular weight is 507 g/mol. The molecule has 5 heteroatoms. The van der Waals surface area contributed by atoms with E-state index in [-0.39, 0.29) is 23.1 Å². The molecule has 1 aliphatic carbocycles. The summed E-state index contributed by atoms with van der Waals surface area (Å²) in [5.41, 5.74) is 1.09. The number of hydrogen-bond acceptors (Lipinski definition) is 5. The molecule has 1 rings (SSSR count). The van der Waals surface area contributed by atoms with Gasteiger partial charge >= 0.3 is 0 Å². The molecule has 0 heterocycles. The predicted octanol–water partition coefficient (Wildman–Crippen LogP) is 8.14. The summed E-state index contributed by atoms with van der Waals surface area (Å²) >= 11 is 0. The van der Waals surface area contributed by atoms with Gasteiger partial charge in [-0.3, -0.25) is 9.59 Å². The fraction of sp³-hybridized carbons (Fsp3) is 0.806. The van der Waals surface area contributed by atoms with E-state index in [9.17, 15) is 9.59 Å². The van der Waals surface area contributed by atoms with Crippen molar-refractivity contribution in [2.75, 3.05) is 20.8 Å². The Bertz CT molecular complexity index is 676. The standard InChI is InChI=1S/C31H54O5/c1-26-27(29(34)31(36-3)30(35-2)28(26)33)24-22-20-18-16-14-12-10-8-6-4-5-7-9-11-13-15-17-19-21-23-25-32/h32H,4-25H2,1-3H3. The van der Waals surface area contributed by atoms with Crippen LogP contribution in [0.2, 0.25) is 0 Å². The van der Waals surface area contributed by atoms with Crippen molar-refractivity contribution in [2.24, 2.45) is 0 Å². The maximum atomic E-state index is 12.6. The lowest BCUT2D eigenvalue weighted by Crippen LogP contribution is -2.25. The monoisotopic (exact) mass is 506 g/mol. The molecule has 0 aromatic rings. The minimum atomic E-state index is -0.235. The van der Waals surface area contributed by atoms with Crippen LogP contribution in [0.1, 0.15) is 142 Å². The molecular weight excluding hydrogens is 452 g/mol. The number of carbonyl (C=O) groups excluding carboxylic acids is 2. The fourth-order valence-corrected chi connectivity index (χ4v) is 5.09. The van der Waals surface area contributed by atoms with E-state index >= 15 is 0 Å². The second-order valence-electron chi connectivity index (χ2n) is 10.4. The van der Waals surface area contributed by atoms with E-state index in [4.69, 9.17) is 14.6 Å². The van der Waals surface area contributed by atoms with Crippen LogP contribution in [0.3, 0.4) is 0 Å². The summed E-state index contributed by atoms with van der Waals surface area (Å²) in [7, 11) is 2.80. The highest BCUT2D eigenvalue weighted by Gasteiger charge is 2.34. The first-order valence-electron chi connectivity index (χ1n) is 14.8. The van der Waals surface area contributed by atoms with Crippen molar-refractivity contribution in [2.45, 2.75) is 142 Å². The van der Waals surface area contributed by atoms with Gasteiger partial charge < -0.3 is 14.6 Å². The molecule has 208 valence electrons. The first-order chi connectivity index (χ1) is 17.6. The smallest absolute Gasteiger partial charge is 0.228 e. The van der Waals surface area contributed by atoms with Crippen LogP contribution < -0.4 is 0 Å². The Balaban J connectivity index is 1.91. The van der Waals surface area contributed by atoms with E-state index < -0.39 is 0 Å². The van der Waals surface area contributed by atoms with Crippen LogP contribution in [-0.2, 0) is 19.1 Å². The molecule has 1 aliphatic rings. The molecule has 0 aromatic carbocycles. The molecule has 36 heavy (non-hydrogen) atoms. The minimum absolute atomic E-state index is 0.0247. The molecule has 0 radical (unpaired) electrons. The SMILES string of the molecule is COC1=C(OC)C(=O)C(CCCCCCCCCCCCCCCCCCCCCCO)=C(C)C1=O. The number of methoxy groups -OCH3 is 2. The highest BCUT2D eigenvalue weighted by molar-refractivity contribution is 6.23. The Morgan fingerprint density at radius 3 is 1.14 bits per heavy atom. The van der Waals surface area contributed by atoms with Gasteiger partial charge in [-0.2, -0.15) is 0 Å². The zero-order valence-corrected chi connectivity index (χ0v) is 23.6. The van der Waals surface area contributed by atoms with Gasteiger partial charge in [0.2, 0.25) is 23.1 Å². The lowest BCUT2D eigenvalue weighted by molar-refractivity contribution is -0.121. The second-order valence-corrected chi connectivity index (χ2v) is 10.4. The van der Waals surface area contributed by atoms with Gasteiger partial charge in [-0.25, -0.2) is 0 Å². The van der Waals surface area contributed by atoms with Crippen molar-refractivity contribution in [3.63, 3.8) is 0 Å². The van der Waals surface area contributed by atoms with Gasteiger partial charge in [0.1, 0.15) is 0 Å². The number of aliphatic hydroxyl groups is 1. The van der Waals surface area contributed by atoms with E-state index in [0.717, 1.165) is 19.3 Å². The molecule has 0 saturated carbocycles. The molecule has 5 nitrogen and oxygen atoms in total. The Labute approximate surface area is 221 Å². The summed E-state index contributed by atoms with van der Waals surface area (Å²) in [6, 6.07) is 0. The van der Waals surface area contributed by atoms with Crippen molar-refractivity contribution in [1.82, 2.24) is 0 Å². The Morgan fingerprint density at radius 1 is 0.500 bits per heavy atom. The Kier molecular flexibility index (Phi) is 19.3. The van der Waals surface area contributed by atoms with Crippen LogP contribution in [0.15, 0.2) is 22.7 Å². The summed E-state index contributed by atoms with van der Waals surface area (Å²) in [5.74, 6) is -0.370. The number of unbranched alkanes of at least 4 members (excludes halogenated alkanes) is 19. The number of ether oxygens (including phenoxy) is 2. The topological polar surface area (TPSA) is 72.8 Å². The number of ketones is 2. The van der Waals surface area contributed by atoms with Crippen LogP contribution in [0.5, 0.6) is 0 Å². The Morgan fingerprint density at radius 2 is 0.806 bits per heavy atom. The highest BCUT2D eigenvalue weighted by atomic mass is 16.5. The maximum Gasteiger partial charge on any atom is 0.228 e. The lowest BCUT2D eigenvalue weighted by atomic mass is 9.89. The normalized spacial score (nSPS) is 14.2. The van der Waals surface area contributed by atoms with E-state index in [0.29, 0.717) is 24.2 Å². The van der Waals surface area contributed by atoms with Crippen molar-refractivity contribution in [1.29, 1.82) is 0 Å². The second kappa shape index (κ2) is 21.5. The third-order valence-corrected chi connectivity index (χ3v) is 7.43. The molecule has 0 aliphatic heterocycles. The third-order valence-electron chi connectivity index (χ3n) is 7.43. The summed E-state index contributed by atoms with van der Waals surface area (Å²) in [4.78, 5) is 25.1. The van der Waals surface area contributed by atoms with Gasteiger partial charge in [0, 0.05) is 17.8 Å². The van der Waals surface area contributed by atoms with Gasteiger partial charge in [0.15, 0.2) is 0 Å². The van der Waals surface area contributed by atoms with E-state index in [2.05, 4.69) is 0 Å². The lowest BCUT2D eigenvalue weighted by Gasteiger charge is -2.20. The van der Waals surface area contributed by atoms with Crippen LogP contribution in [0, 0.1) is 0 Å². The molecule has 0 amide bonds. The van der Waals surface area contributed by atoms with E-state index in [1.807, 2.05) is 0 Å². The molecule has 0 atom stereocenters. The molecule has 1 N–H and O–H groups in total. The van der Waals surface area contributed by atoms with Crippen LogP contribution in [-0.4, -0.2) is 37.5 Å². The number of carbonyl (C=O) groups is 2. The van der Waals surface area contributed by atoms with Crippen LogP contribution >= 0.6 is 0 Å². The molecule has 0 saturated heterocycles. The minimum Gasteiger partial charge on any atom is -0.489 e. The summed E-state index contributed by atoms with van der Waals surface area (Å²) < 4.78 is 10.2. The summed E-state index contributed by atoms with van der Waals surface area (Å²) in [6.07, 6.45) is 26.3. The third kappa shape index (κ3) is 13.1. The molecular formula is C31H54O5.